The van der Waals surface area contributed by atoms with Crippen LogP contribution < -0.4 is 4.90 Å². The number of amides is 2. The predicted octanol–water partition coefficient (Wildman–Crippen LogP) is 3.81. The van der Waals surface area contributed by atoms with Crippen molar-refractivity contribution in [3.8, 4) is 0 Å². The van der Waals surface area contributed by atoms with Gasteiger partial charge < -0.3 is 19.1 Å². The number of hydrogen-bond donors (Lipinski definition) is 0. The highest BCUT2D eigenvalue weighted by Gasteiger charge is 2.38. The maximum absolute atomic E-state index is 13.7. The Morgan fingerprint density at radius 2 is 1.64 bits per heavy atom. The molecule has 1 aromatic heterocycles. The summed E-state index contributed by atoms with van der Waals surface area (Å²) < 4.78 is 5.37. The fourth-order valence-electron chi connectivity index (χ4n) is 4.96. The number of carbonyl (C=O) groups is 2. The second kappa shape index (κ2) is 8.77. The van der Waals surface area contributed by atoms with Crippen LogP contribution in [0.1, 0.15) is 32.8 Å². The van der Waals surface area contributed by atoms with E-state index in [1.807, 2.05) is 23.1 Å². The van der Waals surface area contributed by atoms with E-state index in [0.29, 0.717) is 26.1 Å². The van der Waals surface area contributed by atoms with Crippen LogP contribution >= 0.6 is 0 Å². The predicted molar refractivity (Wildman–Crippen MR) is 127 cm³/mol. The summed E-state index contributed by atoms with van der Waals surface area (Å²) >= 11 is 0. The highest BCUT2D eigenvalue weighted by Crippen LogP contribution is 2.28. The van der Waals surface area contributed by atoms with Crippen molar-refractivity contribution < 1.29 is 14.0 Å². The van der Waals surface area contributed by atoms with Crippen LogP contribution in [-0.2, 0) is 17.8 Å². The van der Waals surface area contributed by atoms with Crippen molar-refractivity contribution in [3.05, 3.63) is 88.9 Å². The molecule has 1 saturated heterocycles. The van der Waals surface area contributed by atoms with Crippen molar-refractivity contribution in [1.29, 1.82) is 0 Å². The maximum atomic E-state index is 13.7. The number of nitrogens with zero attached hydrogens (tertiary/aromatic N) is 3. The molecule has 2 aliphatic rings. The molecule has 0 bridgehead atoms. The summed E-state index contributed by atoms with van der Waals surface area (Å²) in [6.45, 7) is 7.55. The van der Waals surface area contributed by atoms with E-state index in [0.717, 1.165) is 24.2 Å². The third-order valence-electron chi connectivity index (χ3n) is 7.03. The molecule has 2 aliphatic heterocycles. The lowest BCUT2D eigenvalue weighted by Crippen LogP contribution is -2.57. The van der Waals surface area contributed by atoms with Gasteiger partial charge in [-0.15, -0.1) is 0 Å². The molecule has 0 saturated carbocycles. The molecule has 1 fully saturated rings. The average molecular weight is 444 g/mol. The molecule has 3 heterocycles. The van der Waals surface area contributed by atoms with Crippen LogP contribution in [0.25, 0.3) is 0 Å². The second-order valence-electron chi connectivity index (χ2n) is 8.93. The zero-order valence-corrected chi connectivity index (χ0v) is 19.2. The Bertz CT molecular complexity index is 1160. The standard InChI is InChI=1S/C27H29N3O3/c1-19-7-5-10-23(20(19)2)28-12-14-29(15-13-28)26(31)24-17-21-8-3-4-9-22(21)18-30(24)27(32)25-11-6-16-33-25/h3-11,16,24H,12-15,17-18H2,1-2H3/t24-/m0/s1. The van der Waals surface area contributed by atoms with Gasteiger partial charge >= 0.3 is 0 Å². The van der Waals surface area contributed by atoms with Gasteiger partial charge in [0.2, 0.25) is 5.91 Å². The van der Waals surface area contributed by atoms with Gasteiger partial charge in [0.25, 0.3) is 5.91 Å². The third kappa shape index (κ3) is 4.01. The first-order valence-corrected chi connectivity index (χ1v) is 11.5. The molecule has 2 amide bonds. The lowest BCUT2D eigenvalue weighted by molar-refractivity contribution is -0.137. The van der Waals surface area contributed by atoms with Gasteiger partial charge in [-0.3, -0.25) is 9.59 Å². The summed E-state index contributed by atoms with van der Waals surface area (Å²) in [7, 11) is 0. The van der Waals surface area contributed by atoms with Gasteiger partial charge in [-0.1, -0.05) is 36.4 Å². The van der Waals surface area contributed by atoms with Crippen LogP contribution in [0.3, 0.4) is 0 Å². The molecular weight excluding hydrogens is 414 g/mol. The molecule has 0 radical (unpaired) electrons. The van der Waals surface area contributed by atoms with Gasteiger partial charge in [-0.05, 0) is 54.3 Å². The summed E-state index contributed by atoms with van der Waals surface area (Å²) in [6, 6.07) is 17.3. The summed E-state index contributed by atoms with van der Waals surface area (Å²) in [6.07, 6.45) is 2.02. The zero-order chi connectivity index (χ0) is 22.9. The lowest BCUT2D eigenvalue weighted by atomic mass is 9.92. The van der Waals surface area contributed by atoms with Crippen LogP contribution in [0, 0.1) is 13.8 Å². The quantitative estimate of drug-likeness (QED) is 0.618. The minimum atomic E-state index is -0.523. The Balaban J connectivity index is 1.35. The molecule has 170 valence electrons. The van der Waals surface area contributed by atoms with Gasteiger partial charge in [0.05, 0.1) is 6.26 Å². The Kier molecular flexibility index (Phi) is 5.67. The molecule has 0 aliphatic carbocycles. The van der Waals surface area contributed by atoms with Crippen molar-refractivity contribution in [2.45, 2.75) is 32.9 Å². The minimum absolute atomic E-state index is 0.0185. The molecule has 1 atom stereocenters. The van der Waals surface area contributed by atoms with Gasteiger partial charge in [-0.2, -0.15) is 0 Å². The van der Waals surface area contributed by atoms with Gasteiger partial charge in [0.15, 0.2) is 5.76 Å². The normalized spacial score (nSPS) is 18.2. The van der Waals surface area contributed by atoms with Crippen molar-refractivity contribution in [3.63, 3.8) is 0 Å². The first-order valence-electron chi connectivity index (χ1n) is 11.5. The average Bonchev–Trinajstić information content (AvgIpc) is 3.39. The molecule has 6 nitrogen and oxygen atoms in total. The van der Waals surface area contributed by atoms with Crippen molar-refractivity contribution in [2.75, 3.05) is 31.1 Å². The number of furan rings is 1. The van der Waals surface area contributed by atoms with E-state index < -0.39 is 6.04 Å². The summed E-state index contributed by atoms with van der Waals surface area (Å²) in [4.78, 5) is 32.9. The molecule has 0 unspecified atom stereocenters. The van der Waals surface area contributed by atoms with Crippen LogP contribution in [0.5, 0.6) is 0 Å². The van der Waals surface area contributed by atoms with E-state index in [2.05, 4.69) is 43.0 Å². The van der Waals surface area contributed by atoms with E-state index in [9.17, 15) is 9.59 Å². The summed E-state index contributed by atoms with van der Waals surface area (Å²) in [5.41, 5.74) is 6.02. The molecule has 33 heavy (non-hydrogen) atoms. The molecule has 2 aromatic carbocycles. The first kappa shape index (κ1) is 21.3. The van der Waals surface area contributed by atoms with Crippen molar-refractivity contribution in [1.82, 2.24) is 9.80 Å². The van der Waals surface area contributed by atoms with E-state index >= 15 is 0 Å². The smallest absolute Gasteiger partial charge is 0.290 e. The molecule has 3 aromatic rings. The molecule has 6 heteroatoms. The number of rotatable bonds is 3. The second-order valence-corrected chi connectivity index (χ2v) is 8.93. The Morgan fingerprint density at radius 3 is 2.36 bits per heavy atom. The van der Waals surface area contributed by atoms with Crippen molar-refractivity contribution >= 4 is 17.5 Å². The van der Waals surface area contributed by atoms with Crippen LogP contribution in [-0.4, -0.2) is 53.8 Å². The monoisotopic (exact) mass is 443 g/mol. The van der Waals surface area contributed by atoms with Crippen LogP contribution in [0.4, 0.5) is 5.69 Å². The van der Waals surface area contributed by atoms with Gasteiger partial charge in [0, 0.05) is 44.8 Å². The van der Waals surface area contributed by atoms with Gasteiger partial charge in [0.1, 0.15) is 6.04 Å². The molecular formula is C27H29N3O3. The summed E-state index contributed by atoms with van der Waals surface area (Å²) in [5.74, 6) is 0.0545. The molecule has 0 spiro atoms. The zero-order valence-electron chi connectivity index (χ0n) is 19.2. The maximum Gasteiger partial charge on any atom is 0.290 e. The molecule has 0 N–H and O–H groups in total. The van der Waals surface area contributed by atoms with Crippen LogP contribution in [0.2, 0.25) is 0 Å². The topological polar surface area (TPSA) is 57.0 Å². The number of anilines is 1. The van der Waals surface area contributed by atoms with E-state index in [-0.39, 0.29) is 17.6 Å². The Labute approximate surface area is 194 Å². The number of fused-ring (bicyclic) bond motifs is 1. The number of piperazine rings is 1. The fourth-order valence-corrected chi connectivity index (χ4v) is 4.96. The first-order chi connectivity index (χ1) is 16.0. The Hall–Kier alpha value is -3.54. The van der Waals surface area contributed by atoms with Gasteiger partial charge in [-0.25, -0.2) is 0 Å². The number of hydrogen-bond acceptors (Lipinski definition) is 4. The Morgan fingerprint density at radius 1 is 0.879 bits per heavy atom. The van der Waals surface area contributed by atoms with E-state index in [1.54, 1.807) is 17.0 Å². The number of carbonyl (C=O) groups excluding carboxylic acids is 2. The number of aryl methyl sites for hydroxylation is 1. The van der Waals surface area contributed by atoms with E-state index in [1.165, 1.54) is 23.1 Å². The SMILES string of the molecule is Cc1cccc(N2CCN(C(=O)[C@@H]3Cc4ccccc4CN3C(=O)c3ccco3)CC2)c1C. The molecule has 5 rings (SSSR count). The summed E-state index contributed by atoms with van der Waals surface area (Å²) in [5, 5.41) is 0. The third-order valence-corrected chi connectivity index (χ3v) is 7.03. The fraction of sp³-hybridized carbons (Fsp3) is 0.333. The number of benzene rings is 2. The highest BCUT2D eigenvalue weighted by molar-refractivity contribution is 5.96. The minimum Gasteiger partial charge on any atom is -0.459 e. The van der Waals surface area contributed by atoms with Crippen LogP contribution in [0.15, 0.2) is 65.3 Å². The largest absolute Gasteiger partial charge is 0.459 e. The van der Waals surface area contributed by atoms with E-state index in [4.69, 9.17) is 4.42 Å². The van der Waals surface area contributed by atoms with Crippen molar-refractivity contribution in [2.24, 2.45) is 0 Å². The highest BCUT2D eigenvalue weighted by atomic mass is 16.3. The lowest BCUT2D eigenvalue weighted by Gasteiger charge is -2.42.